The van der Waals surface area contributed by atoms with Crippen LogP contribution in [-0.4, -0.2) is 55.8 Å². The summed E-state index contributed by atoms with van der Waals surface area (Å²) in [6.45, 7) is 8.05. The van der Waals surface area contributed by atoms with Crippen molar-refractivity contribution in [2.75, 3.05) is 32.6 Å². The molecule has 35 heavy (non-hydrogen) atoms. The number of ether oxygens (including phenoxy) is 3. The number of likely N-dealkylation sites (tertiary alicyclic amines) is 1. The van der Waals surface area contributed by atoms with Gasteiger partial charge in [0.1, 0.15) is 5.60 Å². The summed E-state index contributed by atoms with van der Waals surface area (Å²) >= 11 is 0. The Kier molecular flexibility index (Phi) is 8.51. The summed E-state index contributed by atoms with van der Waals surface area (Å²) in [7, 11) is 2.59. The molecule has 8 heteroatoms. The second kappa shape index (κ2) is 11.4. The van der Waals surface area contributed by atoms with Crippen LogP contribution in [0.2, 0.25) is 0 Å². The Labute approximate surface area is 206 Å². The molecule has 0 radical (unpaired) electrons. The summed E-state index contributed by atoms with van der Waals surface area (Å²) in [5.41, 5.74) is 2.70. The summed E-state index contributed by atoms with van der Waals surface area (Å²) in [6, 6.07) is 13.0. The van der Waals surface area contributed by atoms with Gasteiger partial charge < -0.3 is 14.2 Å². The third-order valence-corrected chi connectivity index (χ3v) is 5.84. The predicted octanol–water partition coefficient (Wildman–Crippen LogP) is 4.99. The molecule has 0 spiro atoms. The number of benzene rings is 2. The van der Waals surface area contributed by atoms with Crippen LogP contribution < -0.4 is 5.32 Å². The van der Waals surface area contributed by atoms with E-state index in [4.69, 9.17) is 14.2 Å². The number of anilines is 1. The number of esters is 2. The van der Waals surface area contributed by atoms with Crippen LogP contribution in [0.5, 0.6) is 0 Å². The fourth-order valence-corrected chi connectivity index (χ4v) is 4.23. The van der Waals surface area contributed by atoms with Crippen molar-refractivity contribution in [2.45, 2.75) is 51.7 Å². The molecular weight excluding hydrogens is 448 g/mol. The summed E-state index contributed by atoms with van der Waals surface area (Å²) < 4.78 is 15.0. The van der Waals surface area contributed by atoms with Crippen LogP contribution in [0.15, 0.2) is 42.5 Å². The maximum absolute atomic E-state index is 12.3. The minimum Gasteiger partial charge on any atom is -0.465 e. The van der Waals surface area contributed by atoms with Gasteiger partial charge in [-0.25, -0.2) is 14.4 Å². The van der Waals surface area contributed by atoms with E-state index in [1.165, 1.54) is 14.2 Å². The highest BCUT2D eigenvalue weighted by molar-refractivity contribution is 6.03. The second-order valence-corrected chi connectivity index (χ2v) is 9.69. The number of hydrogen-bond acceptors (Lipinski definition) is 7. The Bertz CT molecular complexity index is 1060. The van der Waals surface area contributed by atoms with E-state index in [2.05, 4.69) is 10.2 Å². The first-order valence-corrected chi connectivity index (χ1v) is 11.7. The van der Waals surface area contributed by atoms with E-state index >= 15 is 0 Å². The Balaban J connectivity index is 1.66. The topological polar surface area (TPSA) is 94.2 Å². The monoisotopic (exact) mass is 482 g/mol. The van der Waals surface area contributed by atoms with E-state index in [-0.39, 0.29) is 17.0 Å². The third kappa shape index (κ3) is 7.29. The Morgan fingerprint density at radius 3 is 2.26 bits per heavy atom. The lowest BCUT2D eigenvalue weighted by Crippen LogP contribution is -2.34. The highest BCUT2D eigenvalue weighted by atomic mass is 16.6. The number of nitrogens with zero attached hydrogens (tertiary/aromatic N) is 1. The largest absolute Gasteiger partial charge is 0.465 e. The molecule has 1 fully saturated rings. The molecular formula is C27H34N2O6. The van der Waals surface area contributed by atoms with Crippen LogP contribution in [0.25, 0.3) is 0 Å². The second-order valence-electron chi connectivity index (χ2n) is 9.69. The first-order valence-electron chi connectivity index (χ1n) is 11.7. The standard InChI is InChI=1S/C27H34N2O6/c1-27(2,3)35-26(32)28-21-11-8-18(9-12-21)16-29-14-6-7-20(17-29)19-10-13-22(24(30)33-4)23(15-19)25(31)34-5/h8-13,15,20H,6-7,14,16-17H2,1-5H3,(H,28,32)/t20-/m1/s1. The van der Waals surface area contributed by atoms with Gasteiger partial charge in [-0.05, 0) is 81.5 Å². The molecule has 0 bridgehead atoms. The number of rotatable bonds is 6. The minimum absolute atomic E-state index is 0.204. The first-order chi connectivity index (χ1) is 16.6. The number of carbonyl (C=O) groups excluding carboxylic acids is 3. The summed E-state index contributed by atoms with van der Waals surface area (Å²) in [5, 5.41) is 2.75. The van der Waals surface area contributed by atoms with Gasteiger partial charge in [-0.3, -0.25) is 10.2 Å². The van der Waals surface area contributed by atoms with Gasteiger partial charge in [-0.1, -0.05) is 18.2 Å². The molecule has 1 heterocycles. The molecule has 8 nitrogen and oxygen atoms in total. The molecule has 1 aliphatic rings. The molecule has 0 aliphatic carbocycles. The summed E-state index contributed by atoms with van der Waals surface area (Å²) in [5.74, 6) is -0.890. The van der Waals surface area contributed by atoms with Gasteiger partial charge in [0.25, 0.3) is 0 Å². The first kappa shape index (κ1) is 26.2. The molecule has 3 rings (SSSR count). The van der Waals surface area contributed by atoms with Gasteiger partial charge in [-0.2, -0.15) is 0 Å². The van der Waals surface area contributed by atoms with Gasteiger partial charge in [-0.15, -0.1) is 0 Å². The maximum atomic E-state index is 12.3. The Hall–Kier alpha value is -3.39. The average Bonchev–Trinajstić information content (AvgIpc) is 2.83. The third-order valence-electron chi connectivity index (χ3n) is 5.84. The van der Waals surface area contributed by atoms with Crippen LogP contribution >= 0.6 is 0 Å². The Morgan fingerprint density at radius 2 is 1.63 bits per heavy atom. The maximum Gasteiger partial charge on any atom is 0.412 e. The number of methoxy groups -OCH3 is 2. The lowest BCUT2D eigenvalue weighted by molar-refractivity contribution is 0.0555. The minimum atomic E-state index is -0.563. The van der Waals surface area contributed by atoms with E-state index in [0.29, 0.717) is 5.69 Å². The molecule has 1 amide bonds. The number of nitrogens with one attached hydrogen (secondary N) is 1. The Morgan fingerprint density at radius 1 is 0.971 bits per heavy atom. The van der Waals surface area contributed by atoms with E-state index in [1.807, 2.05) is 51.1 Å². The van der Waals surface area contributed by atoms with E-state index in [1.54, 1.807) is 12.1 Å². The number of carbonyl (C=O) groups is 3. The normalized spacial score (nSPS) is 16.3. The van der Waals surface area contributed by atoms with Gasteiger partial charge in [0.2, 0.25) is 0 Å². The predicted molar refractivity (Wildman–Crippen MR) is 133 cm³/mol. The number of piperidine rings is 1. The van der Waals surface area contributed by atoms with Crippen molar-refractivity contribution in [3.63, 3.8) is 0 Å². The van der Waals surface area contributed by atoms with Crippen molar-refractivity contribution < 1.29 is 28.6 Å². The zero-order valence-corrected chi connectivity index (χ0v) is 21.1. The molecule has 0 aromatic heterocycles. The SMILES string of the molecule is COC(=O)c1ccc([C@@H]2CCCN(Cc3ccc(NC(=O)OC(C)(C)C)cc3)C2)cc1C(=O)OC. The zero-order chi connectivity index (χ0) is 25.6. The van der Waals surface area contributed by atoms with Gasteiger partial charge in [0.05, 0.1) is 25.3 Å². The zero-order valence-electron chi connectivity index (χ0n) is 21.1. The fourth-order valence-electron chi connectivity index (χ4n) is 4.23. The molecule has 1 N–H and O–H groups in total. The highest BCUT2D eigenvalue weighted by Gasteiger charge is 2.25. The van der Waals surface area contributed by atoms with Crippen molar-refractivity contribution in [3.05, 3.63) is 64.7 Å². The van der Waals surface area contributed by atoms with Crippen LogP contribution in [0, 0.1) is 0 Å². The van der Waals surface area contributed by atoms with Crippen LogP contribution in [0.4, 0.5) is 10.5 Å². The fraction of sp³-hybridized carbons (Fsp3) is 0.444. The lowest BCUT2D eigenvalue weighted by Gasteiger charge is -2.33. The van der Waals surface area contributed by atoms with Crippen molar-refractivity contribution in [2.24, 2.45) is 0 Å². The lowest BCUT2D eigenvalue weighted by atomic mass is 9.88. The molecule has 188 valence electrons. The van der Waals surface area contributed by atoms with Crippen LogP contribution in [0.3, 0.4) is 0 Å². The van der Waals surface area contributed by atoms with E-state index in [9.17, 15) is 14.4 Å². The quantitative estimate of drug-likeness (QED) is 0.458. The highest BCUT2D eigenvalue weighted by Crippen LogP contribution is 2.30. The molecule has 0 unspecified atom stereocenters. The van der Waals surface area contributed by atoms with Crippen molar-refractivity contribution in [1.29, 1.82) is 0 Å². The van der Waals surface area contributed by atoms with Gasteiger partial charge >= 0.3 is 18.0 Å². The molecule has 2 aromatic rings. The van der Waals surface area contributed by atoms with Crippen LogP contribution in [0.1, 0.15) is 71.4 Å². The van der Waals surface area contributed by atoms with Gasteiger partial charge in [0, 0.05) is 18.8 Å². The van der Waals surface area contributed by atoms with Crippen molar-refractivity contribution in [3.8, 4) is 0 Å². The molecule has 1 saturated heterocycles. The number of amides is 1. The van der Waals surface area contributed by atoms with Crippen molar-refractivity contribution in [1.82, 2.24) is 4.90 Å². The number of hydrogen-bond donors (Lipinski definition) is 1. The van der Waals surface area contributed by atoms with Crippen molar-refractivity contribution >= 4 is 23.7 Å². The average molecular weight is 483 g/mol. The molecule has 1 atom stereocenters. The van der Waals surface area contributed by atoms with Crippen LogP contribution in [-0.2, 0) is 20.8 Å². The summed E-state index contributed by atoms with van der Waals surface area (Å²) in [4.78, 5) is 38.7. The van der Waals surface area contributed by atoms with E-state index < -0.39 is 23.6 Å². The smallest absolute Gasteiger partial charge is 0.412 e. The van der Waals surface area contributed by atoms with E-state index in [0.717, 1.165) is 43.6 Å². The summed E-state index contributed by atoms with van der Waals surface area (Å²) in [6.07, 6.45) is 1.54. The molecule has 1 aliphatic heterocycles. The molecule has 2 aromatic carbocycles. The van der Waals surface area contributed by atoms with Gasteiger partial charge in [0.15, 0.2) is 0 Å². The molecule has 0 saturated carbocycles.